The van der Waals surface area contributed by atoms with Gasteiger partial charge in [-0.1, -0.05) is 61.2 Å². The summed E-state index contributed by atoms with van der Waals surface area (Å²) in [5.41, 5.74) is 1.82. The van der Waals surface area contributed by atoms with E-state index in [0.29, 0.717) is 22.6 Å². The molecule has 0 radical (unpaired) electrons. The van der Waals surface area contributed by atoms with Gasteiger partial charge in [-0.05, 0) is 44.9 Å². The number of amides is 1. The highest BCUT2D eigenvalue weighted by atomic mass is 32.2. The van der Waals surface area contributed by atoms with Gasteiger partial charge in [-0.2, -0.15) is 0 Å². The predicted molar refractivity (Wildman–Crippen MR) is 124 cm³/mol. The van der Waals surface area contributed by atoms with E-state index in [1.165, 1.54) is 17.3 Å². The summed E-state index contributed by atoms with van der Waals surface area (Å²) >= 11 is 1.33. The molecule has 0 aliphatic carbocycles. The number of aromatic nitrogens is 2. The van der Waals surface area contributed by atoms with Crippen LogP contribution >= 0.6 is 11.8 Å². The summed E-state index contributed by atoms with van der Waals surface area (Å²) in [6, 6.07) is 17.5. The van der Waals surface area contributed by atoms with Crippen LogP contribution in [0.5, 0.6) is 0 Å². The van der Waals surface area contributed by atoms with Crippen LogP contribution in [0.1, 0.15) is 51.6 Å². The van der Waals surface area contributed by atoms with Crippen molar-refractivity contribution in [1.82, 2.24) is 14.9 Å². The van der Waals surface area contributed by atoms with Crippen molar-refractivity contribution in [2.75, 3.05) is 6.54 Å². The number of nitrogens with one attached hydrogen (secondary N) is 1. The van der Waals surface area contributed by atoms with Crippen LogP contribution in [-0.4, -0.2) is 27.3 Å². The number of carbonyl (C=O) groups excluding carboxylic acids is 1. The van der Waals surface area contributed by atoms with E-state index in [1.54, 1.807) is 10.6 Å². The molecule has 5 nitrogen and oxygen atoms in total. The molecule has 0 saturated carbocycles. The van der Waals surface area contributed by atoms with Crippen molar-refractivity contribution in [2.24, 2.45) is 0 Å². The van der Waals surface area contributed by atoms with E-state index in [1.807, 2.05) is 57.2 Å². The normalized spacial score (nSPS) is 13.4. The fourth-order valence-electron chi connectivity index (χ4n) is 3.47. The summed E-state index contributed by atoms with van der Waals surface area (Å²) in [4.78, 5) is 30.4. The number of para-hydroxylation sites is 1. The maximum absolute atomic E-state index is 13.0. The number of hydrogen-bond donors (Lipinski definition) is 1. The van der Waals surface area contributed by atoms with Crippen molar-refractivity contribution in [2.45, 2.75) is 56.5 Å². The average molecular weight is 424 g/mol. The summed E-state index contributed by atoms with van der Waals surface area (Å²) in [5.74, 6) is 0.229. The quantitative estimate of drug-likeness (QED) is 0.419. The van der Waals surface area contributed by atoms with Gasteiger partial charge in [-0.3, -0.25) is 14.2 Å². The van der Waals surface area contributed by atoms with Gasteiger partial charge in [-0.25, -0.2) is 4.98 Å². The topological polar surface area (TPSA) is 64.0 Å². The molecule has 0 bridgehead atoms. The Bertz CT molecular complexity index is 1060. The highest BCUT2D eigenvalue weighted by molar-refractivity contribution is 8.00. The minimum atomic E-state index is -0.364. The molecule has 0 unspecified atom stereocenters. The molecule has 1 heterocycles. The van der Waals surface area contributed by atoms with Crippen molar-refractivity contribution >= 4 is 28.6 Å². The van der Waals surface area contributed by atoms with E-state index in [4.69, 9.17) is 0 Å². The zero-order valence-corrected chi connectivity index (χ0v) is 18.8. The fraction of sp³-hybridized carbons (Fsp3) is 0.375. The van der Waals surface area contributed by atoms with Gasteiger partial charge >= 0.3 is 0 Å². The molecule has 2 aromatic carbocycles. The van der Waals surface area contributed by atoms with Crippen LogP contribution in [0.15, 0.2) is 64.5 Å². The highest BCUT2D eigenvalue weighted by Gasteiger charge is 2.21. The van der Waals surface area contributed by atoms with Gasteiger partial charge in [0, 0.05) is 18.5 Å². The molecule has 1 amide bonds. The second-order valence-corrected chi connectivity index (χ2v) is 9.01. The summed E-state index contributed by atoms with van der Waals surface area (Å²) in [7, 11) is 0. The maximum Gasteiger partial charge on any atom is 0.262 e. The molecule has 3 aromatic rings. The molecule has 0 fully saturated rings. The van der Waals surface area contributed by atoms with Gasteiger partial charge < -0.3 is 5.32 Å². The molecule has 1 aromatic heterocycles. The van der Waals surface area contributed by atoms with Crippen LogP contribution in [0.4, 0.5) is 0 Å². The van der Waals surface area contributed by atoms with E-state index in [9.17, 15) is 9.59 Å². The highest BCUT2D eigenvalue weighted by Crippen LogP contribution is 2.25. The lowest BCUT2D eigenvalue weighted by molar-refractivity contribution is -0.120. The van der Waals surface area contributed by atoms with E-state index in [-0.39, 0.29) is 28.7 Å². The number of thioether (sulfide) groups is 1. The zero-order valence-electron chi connectivity index (χ0n) is 18.0. The van der Waals surface area contributed by atoms with Crippen LogP contribution < -0.4 is 10.9 Å². The lowest BCUT2D eigenvalue weighted by atomic mass is 9.96. The monoisotopic (exact) mass is 423 g/mol. The smallest absolute Gasteiger partial charge is 0.262 e. The van der Waals surface area contributed by atoms with Crippen LogP contribution in [0.25, 0.3) is 10.9 Å². The minimum Gasteiger partial charge on any atom is -0.355 e. The molecule has 3 rings (SSSR count). The van der Waals surface area contributed by atoms with Crippen LogP contribution in [0.2, 0.25) is 0 Å². The molecule has 2 atom stereocenters. The van der Waals surface area contributed by atoms with E-state index in [2.05, 4.69) is 29.4 Å². The SMILES string of the molecule is CC[C@H](CNC(=O)[C@H](C)Sc1nc2ccccc2c(=O)n1C(C)C)c1ccccc1. The molecule has 30 heavy (non-hydrogen) atoms. The number of fused-ring (bicyclic) bond motifs is 1. The molecule has 1 N–H and O–H groups in total. The molecule has 6 heteroatoms. The Kier molecular flexibility index (Phi) is 7.32. The second kappa shape index (κ2) is 9.94. The fourth-order valence-corrected chi connectivity index (χ4v) is 4.53. The molecule has 0 spiro atoms. The summed E-state index contributed by atoms with van der Waals surface area (Å²) < 4.78 is 1.68. The molecule has 0 aliphatic heterocycles. The number of carbonyl (C=O) groups is 1. The Labute approximate surface area is 181 Å². The van der Waals surface area contributed by atoms with Gasteiger partial charge in [-0.15, -0.1) is 0 Å². The van der Waals surface area contributed by atoms with Gasteiger partial charge in [0.15, 0.2) is 5.16 Å². The van der Waals surface area contributed by atoms with E-state index < -0.39 is 0 Å². The summed E-state index contributed by atoms with van der Waals surface area (Å²) in [6.45, 7) is 8.49. The Morgan fingerprint density at radius 1 is 1.07 bits per heavy atom. The summed E-state index contributed by atoms with van der Waals surface area (Å²) in [5, 5.41) is 3.89. The largest absolute Gasteiger partial charge is 0.355 e. The lowest BCUT2D eigenvalue weighted by Crippen LogP contribution is -2.35. The zero-order chi connectivity index (χ0) is 21.7. The third-order valence-electron chi connectivity index (χ3n) is 5.23. The maximum atomic E-state index is 13.0. The van der Waals surface area contributed by atoms with Crippen LogP contribution in [0, 0.1) is 0 Å². The number of rotatable bonds is 8. The number of hydrogen-bond acceptors (Lipinski definition) is 4. The van der Waals surface area contributed by atoms with E-state index in [0.717, 1.165) is 6.42 Å². The predicted octanol–water partition coefficient (Wildman–Crippen LogP) is 4.77. The Hall–Kier alpha value is -2.60. The number of benzene rings is 2. The van der Waals surface area contributed by atoms with Crippen molar-refractivity contribution < 1.29 is 4.79 Å². The average Bonchev–Trinajstić information content (AvgIpc) is 2.74. The van der Waals surface area contributed by atoms with Gasteiger partial charge in [0.25, 0.3) is 5.56 Å². The van der Waals surface area contributed by atoms with Gasteiger partial charge in [0.05, 0.1) is 16.2 Å². The molecule has 0 aliphatic rings. The standard InChI is InChI=1S/C24H29N3O2S/c1-5-18(19-11-7-6-8-12-19)15-25-22(28)17(4)30-24-26-21-14-10-9-13-20(21)23(29)27(24)16(2)3/h6-14,16-18H,5,15H2,1-4H3,(H,25,28)/t17-,18+/m0/s1. The van der Waals surface area contributed by atoms with Crippen molar-refractivity contribution in [3.8, 4) is 0 Å². The van der Waals surface area contributed by atoms with E-state index >= 15 is 0 Å². The molecule has 158 valence electrons. The molecular formula is C24H29N3O2S. The van der Waals surface area contributed by atoms with Crippen molar-refractivity contribution in [1.29, 1.82) is 0 Å². The van der Waals surface area contributed by atoms with Crippen molar-refractivity contribution in [3.05, 3.63) is 70.5 Å². The first-order valence-corrected chi connectivity index (χ1v) is 11.3. The molecule has 0 saturated heterocycles. The van der Waals surface area contributed by atoms with Crippen LogP contribution in [0.3, 0.4) is 0 Å². The molecular weight excluding hydrogens is 394 g/mol. The third kappa shape index (κ3) is 4.93. The third-order valence-corrected chi connectivity index (χ3v) is 6.30. The van der Waals surface area contributed by atoms with Crippen molar-refractivity contribution in [3.63, 3.8) is 0 Å². The van der Waals surface area contributed by atoms with Gasteiger partial charge in [0.2, 0.25) is 5.91 Å². The Morgan fingerprint density at radius 2 is 1.73 bits per heavy atom. The minimum absolute atomic E-state index is 0.0464. The first-order chi connectivity index (χ1) is 14.4. The van der Waals surface area contributed by atoms with Gasteiger partial charge in [0.1, 0.15) is 0 Å². The summed E-state index contributed by atoms with van der Waals surface area (Å²) in [6.07, 6.45) is 0.949. The lowest BCUT2D eigenvalue weighted by Gasteiger charge is -2.20. The first kappa shape index (κ1) is 22.1. The second-order valence-electron chi connectivity index (χ2n) is 7.70. The Morgan fingerprint density at radius 3 is 2.40 bits per heavy atom. The number of nitrogens with zero attached hydrogens (tertiary/aromatic N) is 2. The first-order valence-electron chi connectivity index (χ1n) is 10.4. The van der Waals surface area contributed by atoms with Crippen LogP contribution in [-0.2, 0) is 4.79 Å². The Balaban J connectivity index is 1.76.